The van der Waals surface area contributed by atoms with Gasteiger partial charge < -0.3 is 35.9 Å². The van der Waals surface area contributed by atoms with Gasteiger partial charge in [-0.2, -0.15) is 13.2 Å². The van der Waals surface area contributed by atoms with E-state index in [2.05, 4.69) is 10.6 Å². The number of carbonyl (C=O) groups excluding carboxylic acids is 2. The molecule has 3 aromatic carbocycles. The number of carbonyl (C=O) groups is 2. The van der Waals surface area contributed by atoms with Gasteiger partial charge in [0.2, 0.25) is 5.91 Å². The molecule has 1 saturated heterocycles. The topological polar surface area (TPSA) is 124 Å². The minimum Gasteiger partial charge on any atom is -0.483 e. The molecule has 0 spiro atoms. The average Bonchev–Trinajstić information content (AvgIpc) is 3.02. The second-order valence-corrected chi connectivity index (χ2v) is 10.6. The summed E-state index contributed by atoms with van der Waals surface area (Å²) in [5.41, 5.74) is 7.36. The Morgan fingerprint density at radius 1 is 1.00 bits per heavy atom. The third-order valence-electron chi connectivity index (χ3n) is 7.14. The van der Waals surface area contributed by atoms with E-state index < -0.39 is 72.4 Å². The fourth-order valence-corrected chi connectivity index (χ4v) is 4.75. The fraction of sp³-hybridized carbons (Fsp3) is 0.355. The van der Waals surface area contributed by atoms with Gasteiger partial charge >= 0.3 is 12.3 Å². The highest BCUT2D eigenvalue weighted by molar-refractivity contribution is 5.97. The predicted molar refractivity (Wildman–Crippen MR) is 155 cm³/mol. The number of alkyl carbamates (subject to hydrolysis) is 1. The van der Waals surface area contributed by atoms with Crippen LogP contribution in [0.5, 0.6) is 5.75 Å². The molecular weight excluding hydrogens is 622 g/mol. The van der Waals surface area contributed by atoms with Crippen molar-refractivity contribution in [2.45, 2.75) is 43.3 Å². The summed E-state index contributed by atoms with van der Waals surface area (Å²) in [6, 6.07) is 12.8. The summed E-state index contributed by atoms with van der Waals surface area (Å²) in [6.45, 7) is -0.0000693. The monoisotopic (exact) mass is 654 g/mol. The summed E-state index contributed by atoms with van der Waals surface area (Å²) in [5, 5.41) is 7.23. The maximum absolute atomic E-state index is 15.0. The van der Waals surface area contributed by atoms with Gasteiger partial charge in [-0.3, -0.25) is 4.79 Å². The predicted octanol–water partition coefficient (Wildman–Crippen LogP) is 4.61. The first-order valence-electron chi connectivity index (χ1n) is 14.2. The van der Waals surface area contributed by atoms with Gasteiger partial charge in [0.05, 0.1) is 24.4 Å². The van der Waals surface area contributed by atoms with Gasteiger partial charge in [-0.25, -0.2) is 18.0 Å². The van der Waals surface area contributed by atoms with Crippen molar-refractivity contribution in [1.29, 1.82) is 0 Å². The molecule has 9 nitrogen and oxygen atoms in total. The largest absolute Gasteiger partial charge is 0.483 e. The maximum Gasteiger partial charge on any atom is 0.407 e. The highest BCUT2D eigenvalue weighted by atomic mass is 19.4. The number of amides is 2. The summed E-state index contributed by atoms with van der Waals surface area (Å²) < 4.78 is 95.4. The van der Waals surface area contributed by atoms with E-state index in [-0.39, 0.29) is 31.2 Å². The van der Waals surface area contributed by atoms with Gasteiger partial charge in [0.15, 0.2) is 11.6 Å². The number of benzene rings is 3. The lowest BCUT2D eigenvalue weighted by atomic mass is 9.85. The number of rotatable bonds is 11. The van der Waals surface area contributed by atoms with Crippen LogP contribution in [-0.2, 0) is 14.3 Å². The number of anilines is 1. The van der Waals surface area contributed by atoms with E-state index in [1.165, 1.54) is 60.7 Å². The van der Waals surface area contributed by atoms with Crippen molar-refractivity contribution >= 4 is 17.7 Å². The Balaban J connectivity index is 1.39. The zero-order valence-electron chi connectivity index (χ0n) is 24.5. The normalized spacial score (nSPS) is 18.0. The molecule has 0 radical (unpaired) electrons. The van der Waals surface area contributed by atoms with Crippen molar-refractivity contribution in [2.75, 3.05) is 31.6 Å². The summed E-state index contributed by atoms with van der Waals surface area (Å²) in [4.78, 5) is 24.9. The van der Waals surface area contributed by atoms with Crippen LogP contribution in [0.1, 0.15) is 24.0 Å². The van der Waals surface area contributed by atoms with E-state index in [1.54, 1.807) is 12.2 Å². The summed E-state index contributed by atoms with van der Waals surface area (Å²) in [5.74, 6) is -3.60. The lowest BCUT2D eigenvalue weighted by molar-refractivity contribution is -0.124. The second kappa shape index (κ2) is 15.3. The number of ether oxygens (including phenoxy) is 3. The molecule has 1 aliphatic heterocycles. The van der Waals surface area contributed by atoms with E-state index in [0.717, 1.165) is 6.07 Å². The van der Waals surface area contributed by atoms with Gasteiger partial charge in [0, 0.05) is 12.5 Å². The molecule has 2 amide bonds. The van der Waals surface area contributed by atoms with Crippen LogP contribution >= 0.6 is 0 Å². The van der Waals surface area contributed by atoms with Crippen LogP contribution in [0.15, 0.2) is 66.7 Å². The van der Waals surface area contributed by atoms with Gasteiger partial charge in [-0.15, -0.1) is 0 Å². The first-order valence-corrected chi connectivity index (χ1v) is 14.2. The first kappa shape index (κ1) is 34.5. The molecular formula is C31H32F6N4O5. The third kappa shape index (κ3) is 9.58. The van der Waals surface area contributed by atoms with Crippen molar-refractivity contribution in [1.82, 2.24) is 10.6 Å². The Kier molecular flexibility index (Phi) is 11.5. The molecule has 1 fully saturated rings. The molecule has 15 heteroatoms. The van der Waals surface area contributed by atoms with E-state index >= 15 is 4.39 Å². The molecule has 46 heavy (non-hydrogen) atoms. The smallest absolute Gasteiger partial charge is 0.407 e. The zero-order valence-corrected chi connectivity index (χ0v) is 24.5. The van der Waals surface area contributed by atoms with Crippen LogP contribution in [0, 0.1) is 17.5 Å². The van der Waals surface area contributed by atoms with Crippen LogP contribution in [0.3, 0.4) is 0 Å². The number of para-hydroxylation sites is 1. The zero-order chi connectivity index (χ0) is 33.4. The lowest BCUT2D eigenvalue weighted by Crippen LogP contribution is -2.53. The summed E-state index contributed by atoms with van der Waals surface area (Å²) in [7, 11) is 0. The van der Waals surface area contributed by atoms with E-state index in [1.807, 2.05) is 0 Å². The molecule has 3 aromatic rings. The number of nitrogens with two attached hydrogens (primary N) is 1. The Morgan fingerprint density at radius 3 is 2.15 bits per heavy atom. The van der Waals surface area contributed by atoms with Gasteiger partial charge in [-0.05, 0) is 54.4 Å². The first-order chi connectivity index (χ1) is 21.8. The molecule has 0 unspecified atom stereocenters. The second-order valence-electron chi connectivity index (χ2n) is 10.6. The molecule has 4 atom stereocenters. The molecule has 4 rings (SSSR count). The number of alkyl halides is 3. The lowest BCUT2D eigenvalue weighted by Gasteiger charge is -2.33. The Hall–Kier alpha value is -4.34. The van der Waals surface area contributed by atoms with Gasteiger partial charge in [0.25, 0.3) is 0 Å². The Bertz CT molecular complexity index is 1420. The van der Waals surface area contributed by atoms with Gasteiger partial charge in [-0.1, -0.05) is 30.3 Å². The molecule has 248 valence electrons. The van der Waals surface area contributed by atoms with Crippen molar-refractivity contribution in [2.24, 2.45) is 5.73 Å². The van der Waals surface area contributed by atoms with Crippen LogP contribution in [0.4, 0.5) is 36.8 Å². The maximum atomic E-state index is 15.0. The number of nitrogens with one attached hydrogen (secondary N) is 3. The van der Waals surface area contributed by atoms with Crippen LogP contribution < -0.4 is 26.4 Å². The van der Waals surface area contributed by atoms with Crippen LogP contribution in [0.25, 0.3) is 0 Å². The SMILES string of the molecule is C[C@H](Oc1c(F)cccc1NC(=O)[C@@H](N)C(c1ccc(F)cc1)c1ccc(F)cc1)[C@@H]1CN[C@H](COC(=O)NCC(F)(F)F)CO1. The molecule has 1 aliphatic rings. The summed E-state index contributed by atoms with van der Waals surface area (Å²) in [6.07, 6.45) is -7.19. The van der Waals surface area contributed by atoms with Crippen molar-refractivity contribution in [3.05, 3.63) is 95.3 Å². The standard InChI is InChI=1S/C31H32F6N4O5/c1-17(25-13-39-22(14-44-25)15-45-30(43)40-16-31(35,36)37)46-28-23(34)3-2-4-24(28)41-29(42)27(38)26(18-5-9-20(32)10-6-18)19-7-11-21(33)12-8-19/h2-12,17,22,25-27,39H,13-16,38H2,1H3,(H,40,43)(H,41,42)/t17-,22-,25-,27-/m0/s1. The van der Waals surface area contributed by atoms with Crippen LogP contribution in [0.2, 0.25) is 0 Å². The van der Waals surface area contributed by atoms with E-state index in [0.29, 0.717) is 11.1 Å². The van der Waals surface area contributed by atoms with E-state index in [4.69, 9.17) is 19.9 Å². The Labute approximate surface area is 260 Å². The highest BCUT2D eigenvalue weighted by Crippen LogP contribution is 2.32. The Morgan fingerprint density at radius 2 is 1.61 bits per heavy atom. The molecule has 0 aliphatic carbocycles. The number of hydrogen-bond donors (Lipinski definition) is 4. The molecule has 0 aromatic heterocycles. The highest BCUT2D eigenvalue weighted by Gasteiger charge is 2.32. The number of halogens is 6. The molecule has 0 saturated carbocycles. The fourth-order valence-electron chi connectivity index (χ4n) is 4.75. The van der Waals surface area contributed by atoms with Crippen molar-refractivity contribution in [3.8, 4) is 5.75 Å². The third-order valence-corrected chi connectivity index (χ3v) is 7.14. The minimum atomic E-state index is -4.57. The quantitative estimate of drug-likeness (QED) is 0.223. The molecule has 5 N–H and O–H groups in total. The number of morpholine rings is 1. The molecule has 0 bridgehead atoms. The number of hydrogen-bond acceptors (Lipinski definition) is 7. The van der Waals surface area contributed by atoms with Crippen molar-refractivity contribution < 1.29 is 50.1 Å². The minimum absolute atomic E-state index is 0.00873. The average molecular weight is 655 g/mol. The van der Waals surface area contributed by atoms with Crippen LogP contribution in [-0.4, -0.2) is 68.8 Å². The van der Waals surface area contributed by atoms with Crippen molar-refractivity contribution in [3.63, 3.8) is 0 Å². The van der Waals surface area contributed by atoms with Gasteiger partial charge in [0.1, 0.15) is 37.0 Å². The summed E-state index contributed by atoms with van der Waals surface area (Å²) >= 11 is 0. The molecule has 1 heterocycles. The van der Waals surface area contributed by atoms with E-state index in [9.17, 15) is 31.5 Å².